The summed E-state index contributed by atoms with van der Waals surface area (Å²) >= 11 is 1.87. The van der Waals surface area contributed by atoms with Gasteiger partial charge in [-0.05, 0) is 75.8 Å². The molecule has 3 heteroatoms. The number of nitrogens with zero attached hydrogens (tertiary/aromatic N) is 1. The van der Waals surface area contributed by atoms with Crippen LogP contribution in [0.15, 0.2) is 217 Å². The fraction of sp³-hybridized carbons (Fsp3) is 0. The second-order valence-electron chi connectivity index (χ2n) is 14.4. The lowest BCUT2D eigenvalue weighted by atomic mass is 9.93. The van der Waals surface area contributed by atoms with Crippen molar-refractivity contribution in [2.24, 2.45) is 0 Å². The molecule has 2 aromatic heterocycles. The quantitative estimate of drug-likeness (QED) is 0.162. The molecule has 11 rings (SSSR count). The van der Waals surface area contributed by atoms with Gasteiger partial charge in [0.25, 0.3) is 0 Å². The summed E-state index contributed by atoms with van der Waals surface area (Å²) in [5, 5.41) is 4.66. The van der Waals surface area contributed by atoms with Gasteiger partial charge in [-0.25, -0.2) is 0 Å². The van der Waals surface area contributed by atoms with Gasteiger partial charge >= 0.3 is 0 Å². The molecular weight excluding hydrogens is 711 g/mol. The Bertz CT molecular complexity index is 3160. The molecule has 9 aromatic carbocycles. The predicted molar refractivity (Wildman–Crippen MR) is 243 cm³/mol. The summed E-state index contributed by atoms with van der Waals surface area (Å²) in [4.78, 5) is 2.51. The summed E-state index contributed by atoms with van der Waals surface area (Å²) in [5.74, 6) is 0. The van der Waals surface area contributed by atoms with Crippen molar-refractivity contribution in [2.45, 2.75) is 0 Å². The molecule has 11 aromatic rings. The number of para-hydroxylation sites is 1. The zero-order valence-corrected chi connectivity index (χ0v) is 31.8. The molecular formula is C54H35NOS. The summed E-state index contributed by atoms with van der Waals surface area (Å²) < 4.78 is 9.15. The highest BCUT2D eigenvalue weighted by Gasteiger charge is 2.26. The lowest BCUT2D eigenvalue weighted by Crippen LogP contribution is -2.13. The zero-order valence-electron chi connectivity index (χ0n) is 31.0. The Labute approximate surface area is 335 Å². The maximum Gasteiger partial charge on any atom is 0.136 e. The molecule has 0 amide bonds. The molecule has 0 aliphatic rings. The Kier molecular flexibility index (Phi) is 8.04. The van der Waals surface area contributed by atoms with Crippen LogP contribution in [0, 0.1) is 0 Å². The van der Waals surface area contributed by atoms with Crippen molar-refractivity contribution in [3.8, 4) is 44.5 Å². The topological polar surface area (TPSA) is 16.4 Å². The molecule has 0 N–H and O–H groups in total. The van der Waals surface area contributed by atoms with Gasteiger partial charge in [0.05, 0.1) is 11.4 Å². The smallest absolute Gasteiger partial charge is 0.136 e. The number of thiophene rings is 1. The van der Waals surface area contributed by atoms with Crippen molar-refractivity contribution in [1.82, 2.24) is 0 Å². The molecule has 0 aliphatic carbocycles. The van der Waals surface area contributed by atoms with Gasteiger partial charge < -0.3 is 9.32 Å². The molecule has 57 heavy (non-hydrogen) atoms. The fourth-order valence-corrected chi connectivity index (χ4v) is 9.69. The number of hydrogen-bond acceptors (Lipinski definition) is 3. The molecule has 0 radical (unpaired) electrons. The number of fused-ring (bicyclic) bond motifs is 6. The summed E-state index contributed by atoms with van der Waals surface area (Å²) in [5.41, 5.74) is 14.4. The number of hydrogen-bond donors (Lipinski definition) is 0. The van der Waals surface area contributed by atoms with Gasteiger partial charge in [0, 0.05) is 47.8 Å². The third-order valence-electron chi connectivity index (χ3n) is 11.1. The third kappa shape index (κ3) is 5.71. The minimum absolute atomic E-state index is 0.865. The van der Waals surface area contributed by atoms with E-state index in [-0.39, 0.29) is 0 Å². The predicted octanol–water partition coefficient (Wildman–Crippen LogP) is 16.1. The molecule has 0 aliphatic heterocycles. The van der Waals surface area contributed by atoms with E-state index in [1.54, 1.807) is 0 Å². The van der Waals surface area contributed by atoms with Crippen LogP contribution in [0.1, 0.15) is 0 Å². The first kappa shape index (κ1) is 33.2. The first-order valence-electron chi connectivity index (χ1n) is 19.3. The van der Waals surface area contributed by atoms with E-state index < -0.39 is 0 Å². The van der Waals surface area contributed by atoms with E-state index >= 15 is 0 Å². The van der Waals surface area contributed by atoms with Crippen LogP contribution in [0.2, 0.25) is 0 Å². The normalized spacial score (nSPS) is 11.5. The van der Waals surface area contributed by atoms with Gasteiger partial charge in [-0.3, -0.25) is 0 Å². The Balaban J connectivity index is 1.24. The van der Waals surface area contributed by atoms with Crippen molar-refractivity contribution < 1.29 is 4.42 Å². The van der Waals surface area contributed by atoms with Crippen LogP contribution in [-0.2, 0) is 0 Å². The molecule has 2 heterocycles. The largest absolute Gasteiger partial charge is 0.456 e. The van der Waals surface area contributed by atoms with E-state index in [1.165, 1.54) is 36.9 Å². The SMILES string of the molecule is c1ccc(-c2ccc3c(c2)oc2ccc(N(c4c(-c5ccccc5)cccc4-c4ccccc4)c4ccc(-c5ccccc5)c5sc6ccccc6c45)cc23)cc1. The lowest BCUT2D eigenvalue weighted by molar-refractivity contribution is 0.669. The second kappa shape index (κ2) is 13.8. The molecule has 0 unspecified atom stereocenters. The highest BCUT2D eigenvalue weighted by molar-refractivity contribution is 7.26. The lowest BCUT2D eigenvalue weighted by Gasteiger charge is -2.31. The molecule has 0 atom stereocenters. The standard InChI is InChI=1S/C54H35NOS/c1-5-16-36(17-6-1)40-28-30-45-47-35-41(29-33-49(47)56-50(45)34-40)55(53-42(37-18-7-2-8-19-37)25-15-26-43(53)38-20-9-3-10-21-38)48-32-31-44(39-22-11-4-12-23-39)54-52(48)46-24-13-14-27-51(46)57-54/h1-35H. The number of furan rings is 1. The molecule has 0 saturated heterocycles. The number of anilines is 3. The van der Waals surface area contributed by atoms with E-state index in [9.17, 15) is 0 Å². The number of rotatable bonds is 7. The maximum absolute atomic E-state index is 6.61. The second-order valence-corrected chi connectivity index (χ2v) is 15.5. The Morgan fingerprint density at radius 1 is 0.368 bits per heavy atom. The first-order chi connectivity index (χ1) is 28.3. The highest BCUT2D eigenvalue weighted by atomic mass is 32.1. The van der Waals surface area contributed by atoms with Crippen molar-refractivity contribution >= 4 is 70.5 Å². The monoisotopic (exact) mass is 745 g/mol. The van der Waals surface area contributed by atoms with Gasteiger partial charge in [0.1, 0.15) is 11.2 Å². The Morgan fingerprint density at radius 2 is 0.965 bits per heavy atom. The van der Waals surface area contributed by atoms with Crippen LogP contribution in [0.5, 0.6) is 0 Å². The molecule has 0 spiro atoms. The fourth-order valence-electron chi connectivity index (χ4n) is 8.43. The van der Waals surface area contributed by atoms with Crippen LogP contribution in [0.25, 0.3) is 86.6 Å². The van der Waals surface area contributed by atoms with E-state index in [2.05, 4.69) is 217 Å². The first-order valence-corrected chi connectivity index (χ1v) is 20.2. The van der Waals surface area contributed by atoms with Crippen molar-refractivity contribution in [2.75, 3.05) is 4.90 Å². The van der Waals surface area contributed by atoms with Gasteiger partial charge in [0.2, 0.25) is 0 Å². The molecule has 0 bridgehead atoms. The Morgan fingerprint density at radius 3 is 1.63 bits per heavy atom. The van der Waals surface area contributed by atoms with Gasteiger partial charge in [-0.15, -0.1) is 11.3 Å². The van der Waals surface area contributed by atoms with Crippen LogP contribution in [0.4, 0.5) is 17.1 Å². The van der Waals surface area contributed by atoms with E-state index in [0.29, 0.717) is 0 Å². The van der Waals surface area contributed by atoms with E-state index in [0.717, 1.165) is 66.8 Å². The van der Waals surface area contributed by atoms with Gasteiger partial charge in [-0.2, -0.15) is 0 Å². The summed E-state index contributed by atoms with van der Waals surface area (Å²) in [6.45, 7) is 0. The van der Waals surface area contributed by atoms with Crippen molar-refractivity contribution in [3.05, 3.63) is 212 Å². The molecule has 268 valence electrons. The highest BCUT2D eigenvalue weighted by Crippen LogP contribution is 2.52. The summed E-state index contributed by atoms with van der Waals surface area (Å²) in [6, 6.07) is 76.4. The summed E-state index contributed by atoms with van der Waals surface area (Å²) in [7, 11) is 0. The van der Waals surface area contributed by atoms with Crippen LogP contribution >= 0.6 is 11.3 Å². The number of benzene rings is 9. The van der Waals surface area contributed by atoms with Crippen molar-refractivity contribution in [1.29, 1.82) is 0 Å². The van der Waals surface area contributed by atoms with Gasteiger partial charge in [0.15, 0.2) is 0 Å². The minimum Gasteiger partial charge on any atom is -0.456 e. The molecule has 2 nitrogen and oxygen atoms in total. The van der Waals surface area contributed by atoms with Gasteiger partial charge in [-0.1, -0.05) is 170 Å². The van der Waals surface area contributed by atoms with Crippen LogP contribution in [-0.4, -0.2) is 0 Å². The van der Waals surface area contributed by atoms with Crippen LogP contribution in [0.3, 0.4) is 0 Å². The minimum atomic E-state index is 0.865. The van der Waals surface area contributed by atoms with Crippen molar-refractivity contribution in [3.63, 3.8) is 0 Å². The summed E-state index contributed by atoms with van der Waals surface area (Å²) in [6.07, 6.45) is 0. The molecule has 0 fully saturated rings. The Hall–Kier alpha value is -7.20. The molecule has 0 saturated carbocycles. The van der Waals surface area contributed by atoms with E-state index in [4.69, 9.17) is 4.42 Å². The third-order valence-corrected chi connectivity index (χ3v) is 12.3. The average Bonchev–Trinajstić information content (AvgIpc) is 3.86. The average molecular weight is 746 g/mol. The van der Waals surface area contributed by atoms with Crippen LogP contribution < -0.4 is 4.90 Å². The zero-order chi connectivity index (χ0) is 37.7. The van der Waals surface area contributed by atoms with E-state index in [1.807, 2.05) is 11.3 Å². The maximum atomic E-state index is 6.61.